The Bertz CT molecular complexity index is 1720. The van der Waals surface area contributed by atoms with E-state index in [1.807, 2.05) is 12.1 Å². The zero-order chi connectivity index (χ0) is 23.4. The fraction of sp³-hybridized carbons (Fsp3) is 0. The number of fused-ring (bicyclic) bond motifs is 3. The molecule has 0 spiro atoms. The molecule has 0 aliphatic heterocycles. The maximum absolute atomic E-state index is 11.2. The molecule has 5 aromatic heterocycles. The second kappa shape index (κ2) is 8.43. The number of rotatable bonds is 5. The minimum absolute atomic E-state index is 0.758. The molecule has 0 aliphatic carbocycles. The van der Waals surface area contributed by atoms with Crippen LogP contribution in [0, 0.1) is 0 Å². The highest BCUT2D eigenvalue weighted by molar-refractivity contribution is 7.24. The molecule has 0 aliphatic rings. The SMILES string of the molecule is O=Cc1ccc(-c2ccc(-n3c4ccc(-c5cccs5)cc4c4cc(-c5cccs5)ccc43)s2)s1. The standard InChI is InChI=1S/C29H17NOS4/c31-17-20-7-10-27(34-20)28-11-12-29(35-28)30-23-8-5-18(25-3-1-13-32-25)15-21(23)22-16-19(6-9-24(22)30)26-4-2-14-33-26/h1-17H. The summed E-state index contributed by atoms with van der Waals surface area (Å²) in [6.07, 6.45) is 0.923. The molecule has 0 amide bonds. The third-order valence-electron chi connectivity index (χ3n) is 6.17. The van der Waals surface area contributed by atoms with Gasteiger partial charge in [0.25, 0.3) is 0 Å². The smallest absolute Gasteiger partial charge is 0.160 e. The van der Waals surface area contributed by atoms with Crippen molar-refractivity contribution in [3.8, 4) is 35.6 Å². The average Bonchev–Trinajstić information content (AvgIpc) is 3.73. The Kier molecular flexibility index (Phi) is 5.06. The van der Waals surface area contributed by atoms with Crippen LogP contribution in [0.3, 0.4) is 0 Å². The Hall–Kier alpha value is -3.29. The number of carbonyl (C=O) groups excluding carboxylic acids is 1. The van der Waals surface area contributed by atoms with Gasteiger partial charge >= 0.3 is 0 Å². The summed E-state index contributed by atoms with van der Waals surface area (Å²) >= 11 is 6.85. The summed E-state index contributed by atoms with van der Waals surface area (Å²) in [6, 6.07) is 30.5. The van der Waals surface area contributed by atoms with Crippen LogP contribution in [-0.4, -0.2) is 10.9 Å². The van der Waals surface area contributed by atoms with Gasteiger partial charge in [-0.2, -0.15) is 0 Å². The van der Waals surface area contributed by atoms with Gasteiger partial charge in [-0.05, 0) is 82.6 Å². The number of hydrogen-bond acceptors (Lipinski definition) is 5. The van der Waals surface area contributed by atoms with Crippen LogP contribution in [-0.2, 0) is 0 Å². The van der Waals surface area contributed by atoms with Gasteiger partial charge < -0.3 is 4.57 Å². The van der Waals surface area contributed by atoms with Crippen molar-refractivity contribution in [3.63, 3.8) is 0 Å². The highest BCUT2D eigenvalue weighted by atomic mass is 32.1. The predicted molar refractivity (Wildman–Crippen MR) is 154 cm³/mol. The first-order chi connectivity index (χ1) is 17.3. The lowest BCUT2D eigenvalue weighted by molar-refractivity contribution is 0.112. The number of carbonyl (C=O) groups is 1. The summed E-state index contributed by atoms with van der Waals surface area (Å²) in [5.41, 5.74) is 4.91. The number of thiophene rings is 4. The maximum atomic E-state index is 11.2. The first-order valence-electron chi connectivity index (χ1n) is 11.1. The lowest BCUT2D eigenvalue weighted by Crippen LogP contribution is -1.89. The molecule has 7 aromatic rings. The van der Waals surface area contributed by atoms with Crippen molar-refractivity contribution in [1.82, 2.24) is 4.57 Å². The molecule has 0 N–H and O–H groups in total. The first-order valence-corrected chi connectivity index (χ1v) is 14.5. The lowest BCUT2D eigenvalue weighted by atomic mass is 10.1. The monoisotopic (exact) mass is 523 g/mol. The van der Waals surface area contributed by atoms with Crippen LogP contribution in [0.15, 0.2) is 95.7 Å². The van der Waals surface area contributed by atoms with Gasteiger partial charge in [-0.1, -0.05) is 24.3 Å². The molecular weight excluding hydrogens is 507 g/mol. The van der Waals surface area contributed by atoms with Crippen LogP contribution in [0.5, 0.6) is 0 Å². The second-order valence-electron chi connectivity index (χ2n) is 8.21. The molecule has 0 radical (unpaired) electrons. The molecular formula is C29H17NOS4. The van der Waals surface area contributed by atoms with Gasteiger partial charge in [0.05, 0.1) is 15.9 Å². The fourth-order valence-corrected chi connectivity index (χ4v) is 7.98. The summed E-state index contributed by atoms with van der Waals surface area (Å²) in [5.74, 6) is 0. The van der Waals surface area contributed by atoms with Gasteiger partial charge in [-0.3, -0.25) is 4.79 Å². The topological polar surface area (TPSA) is 22.0 Å². The summed E-state index contributed by atoms with van der Waals surface area (Å²) < 4.78 is 2.38. The Balaban J connectivity index is 1.46. The van der Waals surface area contributed by atoms with Gasteiger partial charge in [0, 0.05) is 30.3 Å². The van der Waals surface area contributed by atoms with E-state index in [9.17, 15) is 4.79 Å². The van der Waals surface area contributed by atoms with Crippen molar-refractivity contribution < 1.29 is 4.79 Å². The lowest BCUT2D eigenvalue weighted by Gasteiger charge is -2.05. The maximum Gasteiger partial charge on any atom is 0.160 e. The summed E-state index contributed by atoms with van der Waals surface area (Å²) in [7, 11) is 0. The van der Waals surface area contributed by atoms with Crippen molar-refractivity contribution in [2.75, 3.05) is 0 Å². The molecule has 7 rings (SSSR count). The average molecular weight is 524 g/mol. The zero-order valence-electron chi connectivity index (χ0n) is 18.3. The summed E-state index contributed by atoms with van der Waals surface area (Å²) in [5, 5.41) is 7.96. The van der Waals surface area contributed by atoms with Crippen LogP contribution in [0.2, 0.25) is 0 Å². The van der Waals surface area contributed by atoms with E-state index in [0.29, 0.717) is 0 Å². The Morgan fingerprint density at radius 2 is 1.20 bits per heavy atom. The van der Waals surface area contributed by atoms with Crippen molar-refractivity contribution in [2.24, 2.45) is 0 Å². The molecule has 168 valence electrons. The Morgan fingerprint density at radius 1 is 0.600 bits per heavy atom. The van der Waals surface area contributed by atoms with Gasteiger partial charge in [-0.15, -0.1) is 45.3 Å². The highest BCUT2D eigenvalue weighted by Gasteiger charge is 2.17. The van der Waals surface area contributed by atoms with Crippen LogP contribution in [0.4, 0.5) is 0 Å². The van der Waals surface area contributed by atoms with E-state index in [1.165, 1.54) is 52.6 Å². The van der Waals surface area contributed by atoms with E-state index in [1.54, 1.807) is 45.3 Å². The van der Waals surface area contributed by atoms with E-state index in [0.717, 1.165) is 16.0 Å². The molecule has 2 nitrogen and oxygen atoms in total. The van der Waals surface area contributed by atoms with E-state index >= 15 is 0 Å². The molecule has 5 heterocycles. The molecule has 6 heteroatoms. The summed E-state index contributed by atoms with van der Waals surface area (Å²) in [6.45, 7) is 0. The molecule has 0 bridgehead atoms. The van der Waals surface area contributed by atoms with Crippen LogP contribution in [0.1, 0.15) is 9.67 Å². The van der Waals surface area contributed by atoms with Crippen molar-refractivity contribution in [3.05, 3.63) is 101 Å². The minimum atomic E-state index is 0.758. The third kappa shape index (κ3) is 3.53. The molecule has 0 atom stereocenters. The van der Waals surface area contributed by atoms with Crippen molar-refractivity contribution in [2.45, 2.75) is 0 Å². The van der Waals surface area contributed by atoms with Crippen LogP contribution >= 0.6 is 45.3 Å². The van der Waals surface area contributed by atoms with Crippen LogP contribution < -0.4 is 0 Å². The number of aromatic nitrogens is 1. The third-order valence-corrected chi connectivity index (χ3v) is 10.3. The van der Waals surface area contributed by atoms with E-state index in [-0.39, 0.29) is 0 Å². The molecule has 2 aromatic carbocycles. The fourth-order valence-electron chi connectivity index (χ4n) is 4.58. The molecule has 0 fully saturated rings. The van der Waals surface area contributed by atoms with Gasteiger partial charge in [0.2, 0.25) is 0 Å². The number of aldehydes is 1. The predicted octanol–water partition coefficient (Wildman–Crippen LogP) is 9.84. The normalized spacial score (nSPS) is 11.5. The Labute approximate surface area is 218 Å². The van der Waals surface area contributed by atoms with Gasteiger partial charge in [-0.25, -0.2) is 0 Å². The molecule has 0 saturated heterocycles. The van der Waals surface area contributed by atoms with E-state index < -0.39 is 0 Å². The first kappa shape index (κ1) is 21.0. The second-order valence-corrected chi connectivity index (χ2v) is 12.3. The molecule has 0 unspecified atom stereocenters. The van der Waals surface area contributed by atoms with Crippen LogP contribution in [0.25, 0.3) is 57.4 Å². The number of nitrogens with zero attached hydrogens (tertiary/aromatic N) is 1. The molecule has 0 saturated carbocycles. The van der Waals surface area contributed by atoms with Crippen molar-refractivity contribution >= 4 is 73.4 Å². The van der Waals surface area contributed by atoms with Gasteiger partial charge in [0.1, 0.15) is 5.00 Å². The highest BCUT2D eigenvalue weighted by Crippen LogP contribution is 2.41. The summed E-state index contributed by atoms with van der Waals surface area (Å²) in [4.78, 5) is 16.8. The van der Waals surface area contributed by atoms with Gasteiger partial charge in [0.15, 0.2) is 6.29 Å². The van der Waals surface area contributed by atoms with E-state index in [2.05, 4.69) is 88.1 Å². The van der Waals surface area contributed by atoms with Crippen molar-refractivity contribution in [1.29, 1.82) is 0 Å². The Morgan fingerprint density at radius 3 is 1.74 bits per heavy atom. The quantitative estimate of drug-likeness (QED) is 0.206. The number of hydrogen-bond donors (Lipinski definition) is 0. The molecule has 35 heavy (non-hydrogen) atoms. The van der Waals surface area contributed by atoms with E-state index in [4.69, 9.17) is 0 Å². The minimum Gasteiger partial charge on any atom is -0.301 e. The number of benzene rings is 2. The zero-order valence-corrected chi connectivity index (χ0v) is 21.6. The largest absolute Gasteiger partial charge is 0.301 e.